The van der Waals surface area contributed by atoms with Crippen LogP contribution in [0.15, 0.2) is 51.0 Å². The fraction of sp³-hybridized carbons (Fsp3) is 0.353. The van der Waals surface area contributed by atoms with Crippen LogP contribution in [-0.2, 0) is 4.79 Å². The number of furan rings is 1. The quantitative estimate of drug-likeness (QED) is 0.688. The highest BCUT2D eigenvalue weighted by Crippen LogP contribution is 2.34. The van der Waals surface area contributed by atoms with Gasteiger partial charge in [-0.15, -0.1) is 0 Å². The number of rotatable bonds is 4. The van der Waals surface area contributed by atoms with Crippen LogP contribution in [0.25, 0.3) is 11.0 Å². The van der Waals surface area contributed by atoms with E-state index in [-0.39, 0.29) is 18.9 Å². The molecule has 0 bridgehead atoms. The fourth-order valence-corrected chi connectivity index (χ4v) is 4.24. The van der Waals surface area contributed by atoms with Crippen molar-refractivity contribution in [3.8, 4) is 0 Å². The number of aliphatic hydroxyl groups excluding tert-OH is 1. The van der Waals surface area contributed by atoms with Gasteiger partial charge in [0.1, 0.15) is 5.58 Å². The number of carbonyl (C=O) groups excluding carboxylic acids is 1. The van der Waals surface area contributed by atoms with Gasteiger partial charge in [-0.3, -0.25) is 4.79 Å². The molecule has 0 saturated carbocycles. The summed E-state index contributed by atoms with van der Waals surface area (Å²) in [7, 11) is 0. The smallest absolute Gasteiger partial charge is 0.225 e. The van der Waals surface area contributed by atoms with E-state index in [1.165, 1.54) is 16.0 Å². The Hall–Kier alpha value is -1.76. The van der Waals surface area contributed by atoms with Gasteiger partial charge in [0.15, 0.2) is 0 Å². The molecule has 2 aliphatic heterocycles. The zero-order valence-electron chi connectivity index (χ0n) is 12.7. The molecule has 0 spiro atoms. The number of hydrogen-bond donors (Lipinski definition) is 1. The highest BCUT2D eigenvalue weighted by atomic mass is 32.2. The summed E-state index contributed by atoms with van der Waals surface area (Å²) in [4.78, 5) is 14.9. The largest absolute Gasteiger partial charge is 0.464 e. The second-order valence-corrected chi connectivity index (χ2v) is 7.11. The molecule has 6 heteroatoms. The topological polar surface area (TPSA) is 56.9 Å². The normalized spacial score (nSPS) is 18.2. The van der Waals surface area contributed by atoms with E-state index in [0.717, 1.165) is 24.1 Å². The molecule has 0 atom stereocenters. The van der Waals surface area contributed by atoms with Crippen LogP contribution in [-0.4, -0.2) is 53.0 Å². The molecule has 0 radical (unpaired) electrons. The first-order valence-electron chi connectivity index (χ1n) is 7.71. The Morgan fingerprint density at radius 1 is 1.17 bits per heavy atom. The summed E-state index contributed by atoms with van der Waals surface area (Å²) in [5.41, 5.74) is 3.62. The summed E-state index contributed by atoms with van der Waals surface area (Å²) < 4.78 is 7.70. The highest BCUT2D eigenvalue weighted by molar-refractivity contribution is 7.97. The van der Waals surface area contributed by atoms with E-state index >= 15 is 0 Å². The lowest BCUT2D eigenvalue weighted by Gasteiger charge is -2.22. The molecule has 0 unspecified atom stereocenters. The van der Waals surface area contributed by atoms with Crippen molar-refractivity contribution in [3.05, 3.63) is 41.7 Å². The SMILES string of the molecule is O=C(CCO)N1CC2=C(CN(Sc3ccc4occc4c3)C2)C1. The van der Waals surface area contributed by atoms with Gasteiger partial charge < -0.3 is 14.4 Å². The Labute approximate surface area is 138 Å². The van der Waals surface area contributed by atoms with Crippen LogP contribution < -0.4 is 0 Å². The monoisotopic (exact) mass is 330 g/mol. The predicted molar refractivity (Wildman–Crippen MR) is 89.0 cm³/mol. The van der Waals surface area contributed by atoms with Crippen molar-refractivity contribution in [2.24, 2.45) is 0 Å². The Bertz CT molecular complexity index is 765. The zero-order valence-corrected chi connectivity index (χ0v) is 13.5. The van der Waals surface area contributed by atoms with Crippen molar-refractivity contribution in [2.75, 3.05) is 32.8 Å². The molecule has 1 N–H and O–H groups in total. The molecule has 3 heterocycles. The number of amides is 1. The maximum absolute atomic E-state index is 11.9. The molecule has 4 rings (SSSR count). The van der Waals surface area contributed by atoms with E-state index in [2.05, 4.69) is 16.4 Å². The van der Waals surface area contributed by atoms with Crippen molar-refractivity contribution in [3.63, 3.8) is 0 Å². The van der Waals surface area contributed by atoms with Gasteiger partial charge in [0, 0.05) is 42.9 Å². The van der Waals surface area contributed by atoms with Gasteiger partial charge in [-0.1, -0.05) is 0 Å². The fourth-order valence-electron chi connectivity index (χ4n) is 3.19. The minimum Gasteiger partial charge on any atom is -0.464 e. The highest BCUT2D eigenvalue weighted by Gasteiger charge is 2.32. The molecule has 120 valence electrons. The van der Waals surface area contributed by atoms with Crippen LogP contribution in [0.4, 0.5) is 0 Å². The number of benzene rings is 1. The summed E-state index contributed by atoms with van der Waals surface area (Å²) in [5, 5.41) is 10.0. The Morgan fingerprint density at radius 3 is 2.70 bits per heavy atom. The van der Waals surface area contributed by atoms with Crippen molar-refractivity contribution in [1.82, 2.24) is 9.21 Å². The molecule has 23 heavy (non-hydrogen) atoms. The van der Waals surface area contributed by atoms with Gasteiger partial charge in [0.05, 0.1) is 12.9 Å². The maximum Gasteiger partial charge on any atom is 0.225 e. The van der Waals surface area contributed by atoms with Gasteiger partial charge in [0.25, 0.3) is 0 Å². The molecule has 2 aliphatic rings. The third-order valence-electron chi connectivity index (χ3n) is 4.33. The van der Waals surface area contributed by atoms with Crippen LogP contribution in [0.3, 0.4) is 0 Å². The zero-order chi connectivity index (χ0) is 15.8. The lowest BCUT2D eigenvalue weighted by molar-refractivity contribution is -0.130. The molecule has 1 aromatic carbocycles. The summed E-state index contributed by atoms with van der Waals surface area (Å²) in [6.45, 7) is 3.15. The Kier molecular flexibility index (Phi) is 3.88. The summed E-state index contributed by atoms with van der Waals surface area (Å²) in [6, 6.07) is 8.21. The Balaban J connectivity index is 1.37. The van der Waals surface area contributed by atoms with E-state index in [9.17, 15) is 4.79 Å². The lowest BCUT2D eigenvalue weighted by Crippen LogP contribution is -2.32. The van der Waals surface area contributed by atoms with Crippen LogP contribution in [0.2, 0.25) is 0 Å². The molecular weight excluding hydrogens is 312 g/mol. The third-order valence-corrected chi connectivity index (χ3v) is 5.32. The van der Waals surface area contributed by atoms with E-state index in [4.69, 9.17) is 9.52 Å². The lowest BCUT2D eigenvalue weighted by atomic mass is 10.2. The number of nitrogens with zero attached hydrogens (tertiary/aromatic N) is 2. The van der Waals surface area contributed by atoms with Crippen molar-refractivity contribution in [2.45, 2.75) is 11.3 Å². The second kappa shape index (κ2) is 6.03. The van der Waals surface area contributed by atoms with Gasteiger partial charge >= 0.3 is 0 Å². The van der Waals surface area contributed by atoms with E-state index in [0.29, 0.717) is 13.1 Å². The Morgan fingerprint density at radius 2 is 1.96 bits per heavy atom. The molecule has 1 amide bonds. The van der Waals surface area contributed by atoms with Crippen molar-refractivity contribution in [1.29, 1.82) is 0 Å². The molecule has 0 aliphatic carbocycles. The number of aliphatic hydroxyl groups is 1. The molecular formula is C17H18N2O3S. The van der Waals surface area contributed by atoms with Crippen LogP contribution in [0.5, 0.6) is 0 Å². The minimum atomic E-state index is -0.0710. The van der Waals surface area contributed by atoms with Gasteiger partial charge in [-0.2, -0.15) is 0 Å². The average Bonchev–Trinajstić information content (AvgIpc) is 3.20. The summed E-state index contributed by atoms with van der Waals surface area (Å²) in [5.74, 6) is 0.0477. The second-order valence-electron chi connectivity index (χ2n) is 5.94. The van der Waals surface area contributed by atoms with Crippen molar-refractivity contribution >= 4 is 28.8 Å². The van der Waals surface area contributed by atoms with E-state index in [1.54, 1.807) is 18.2 Å². The van der Waals surface area contributed by atoms with Crippen molar-refractivity contribution < 1.29 is 14.3 Å². The summed E-state index contributed by atoms with van der Waals surface area (Å²) in [6.07, 6.45) is 1.94. The minimum absolute atomic E-state index is 0.0477. The molecule has 5 nitrogen and oxygen atoms in total. The van der Waals surface area contributed by atoms with Gasteiger partial charge in [0.2, 0.25) is 5.91 Å². The van der Waals surface area contributed by atoms with Crippen LogP contribution in [0.1, 0.15) is 6.42 Å². The molecule has 0 fully saturated rings. The van der Waals surface area contributed by atoms with E-state index in [1.807, 2.05) is 17.0 Å². The van der Waals surface area contributed by atoms with Crippen LogP contribution >= 0.6 is 11.9 Å². The predicted octanol–water partition coefficient (Wildman–Crippen LogP) is 2.28. The van der Waals surface area contributed by atoms with E-state index < -0.39 is 0 Å². The number of hydrogen-bond acceptors (Lipinski definition) is 5. The standard InChI is InChI=1S/C17H18N2O3S/c20-5-3-17(21)18-8-13-10-19(11-14(13)9-18)23-15-1-2-16-12(7-15)4-6-22-16/h1-2,4,6-7,20H,3,5,8-11H2. The number of carbonyl (C=O) groups is 1. The first kappa shape index (κ1) is 14.8. The van der Waals surface area contributed by atoms with Crippen LogP contribution in [0, 0.1) is 0 Å². The maximum atomic E-state index is 11.9. The molecule has 2 aromatic rings. The molecule has 1 aromatic heterocycles. The first-order chi connectivity index (χ1) is 11.2. The third kappa shape index (κ3) is 2.89. The first-order valence-corrected chi connectivity index (χ1v) is 8.49. The average molecular weight is 330 g/mol. The van der Waals surface area contributed by atoms with Gasteiger partial charge in [-0.25, -0.2) is 4.31 Å². The number of fused-ring (bicyclic) bond motifs is 1. The van der Waals surface area contributed by atoms with Gasteiger partial charge in [-0.05, 0) is 47.4 Å². The summed E-state index contributed by atoms with van der Waals surface area (Å²) >= 11 is 1.75. The molecule has 0 saturated heterocycles.